The molecular formula is C25H25FN4O2. The summed E-state index contributed by atoms with van der Waals surface area (Å²) in [6, 6.07) is 12.7. The Morgan fingerprint density at radius 3 is 2.56 bits per heavy atom. The molecule has 0 unspecified atom stereocenters. The molecule has 32 heavy (non-hydrogen) atoms. The number of nitrogens with zero attached hydrogens (tertiary/aromatic N) is 3. The molecule has 3 aromatic rings. The first-order valence-electron chi connectivity index (χ1n) is 10.7. The molecule has 1 aliphatic heterocycles. The zero-order valence-electron chi connectivity index (χ0n) is 18.2. The predicted molar refractivity (Wildman–Crippen MR) is 123 cm³/mol. The minimum atomic E-state index is -0.508. The predicted octanol–water partition coefficient (Wildman–Crippen LogP) is 3.32. The van der Waals surface area contributed by atoms with Crippen molar-refractivity contribution in [2.75, 3.05) is 45.2 Å². The van der Waals surface area contributed by atoms with Crippen molar-refractivity contribution in [1.82, 2.24) is 9.88 Å². The second kappa shape index (κ2) is 7.91. The van der Waals surface area contributed by atoms with Gasteiger partial charge in [-0.15, -0.1) is 0 Å². The van der Waals surface area contributed by atoms with E-state index in [4.69, 9.17) is 15.5 Å². The topological polar surface area (TPSA) is 71.7 Å². The van der Waals surface area contributed by atoms with Crippen LogP contribution >= 0.6 is 0 Å². The normalized spacial score (nSPS) is 15.4. The molecule has 6 nitrogen and oxygen atoms in total. The number of carbonyl (C=O) groups is 1. The molecule has 0 saturated carbocycles. The molecule has 1 fully saturated rings. The van der Waals surface area contributed by atoms with Gasteiger partial charge in [0.05, 0.1) is 18.5 Å². The summed E-state index contributed by atoms with van der Waals surface area (Å²) in [4.78, 5) is 21.8. The minimum Gasteiger partial charge on any atom is -0.494 e. The fourth-order valence-electron chi connectivity index (χ4n) is 4.58. The van der Waals surface area contributed by atoms with E-state index in [-0.39, 0.29) is 5.75 Å². The van der Waals surface area contributed by atoms with Crippen LogP contribution in [0.15, 0.2) is 42.5 Å². The van der Waals surface area contributed by atoms with Gasteiger partial charge >= 0.3 is 0 Å². The number of ether oxygens (including phenoxy) is 1. The summed E-state index contributed by atoms with van der Waals surface area (Å²) in [6.45, 7) is 4.04. The van der Waals surface area contributed by atoms with Crippen LogP contribution in [0.3, 0.4) is 0 Å². The van der Waals surface area contributed by atoms with Crippen LogP contribution in [-0.2, 0) is 6.42 Å². The van der Waals surface area contributed by atoms with E-state index < -0.39 is 11.7 Å². The van der Waals surface area contributed by atoms with Crippen molar-refractivity contribution in [2.24, 2.45) is 5.73 Å². The van der Waals surface area contributed by atoms with Gasteiger partial charge < -0.3 is 20.3 Å². The Kier molecular flexibility index (Phi) is 5.06. The van der Waals surface area contributed by atoms with Gasteiger partial charge in [0.2, 0.25) is 5.91 Å². The van der Waals surface area contributed by atoms with Crippen molar-refractivity contribution in [1.29, 1.82) is 0 Å². The highest BCUT2D eigenvalue weighted by Gasteiger charge is 2.27. The Balaban J connectivity index is 1.56. The van der Waals surface area contributed by atoms with E-state index in [1.54, 1.807) is 18.2 Å². The standard InChI is InChI=1S/C25H25FN4O2/c1-29-7-9-30(10-8-29)17-4-5-18-16(11-17)12-19-20(25(27)31)14-22(28-24(18)19)15-3-6-23(32-2)21(26)13-15/h3-6,11,13-14H,7-10,12H2,1-2H3,(H2,27,31). The molecule has 164 valence electrons. The number of anilines is 1. The van der Waals surface area contributed by atoms with E-state index in [1.165, 1.54) is 18.9 Å². The highest BCUT2D eigenvalue weighted by Crippen LogP contribution is 2.40. The maximum atomic E-state index is 14.3. The van der Waals surface area contributed by atoms with Gasteiger partial charge in [0.15, 0.2) is 11.6 Å². The average molecular weight is 432 g/mol. The van der Waals surface area contributed by atoms with Crippen molar-refractivity contribution in [3.05, 3.63) is 65.0 Å². The van der Waals surface area contributed by atoms with Gasteiger partial charge in [0, 0.05) is 55.0 Å². The quantitative estimate of drug-likeness (QED) is 0.536. The Morgan fingerprint density at radius 1 is 1.09 bits per heavy atom. The Hall–Kier alpha value is -3.45. The average Bonchev–Trinajstić information content (AvgIpc) is 3.16. The zero-order valence-corrected chi connectivity index (χ0v) is 18.2. The second-order valence-corrected chi connectivity index (χ2v) is 8.40. The van der Waals surface area contributed by atoms with Gasteiger partial charge in [-0.2, -0.15) is 0 Å². The number of hydrogen-bond acceptors (Lipinski definition) is 5. The number of pyridine rings is 1. The van der Waals surface area contributed by atoms with Crippen molar-refractivity contribution in [3.8, 4) is 28.3 Å². The summed E-state index contributed by atoms with van der Waals surface area (Å²) in [5.41, 5.74) is 12.1. The van der Waals surface area contributed by atoms with Gasteiger partial charge in [-0.05, 0) is 54.6 Å². The molecular weight excluding hydrogens is 407 g/mol. The number of benzene rings is 2. The van der Waals surface area contributed by atoms with E-state index in [0.717, 1.165) is 48.6 Å². The summed E-state index contributed by atoms with van der Waals surface area (Å²) in [5, 5.41) is 0. The third-order valence-corrected chi connectivity index (χ3v) is 6.42. The number of piperazine rings is 1. The van der Waals surface area contributed by atoms with Crippen molar-refractivity contribution in [2.45, 2.75) is 6.42 Å². The summed E-state index contributed by atoms with van der Waals surface area (Å²) >= 11 is 0. The Labute approximate surface area is 186 Å². The minimum absolute atomic E-state index is 0.159. The van der Waals surface area contributed by atoms with Crippen LogP contribution in [0.25, 0.3) is 22.5 Å². The first kappa shape index (κ1) is 20.5. The number of fused-ring (bicyclic) bond motifs is 3. The number of primary amides is 1. The summed E-state index contributed by atoms with van der Waals surface area (Å²) in [6.07, 6.45) is 0.606. The van der Waals surface area contributed by atoms with Crippen molar-refractivity contribution < 1.29 is 13.9 Å². The number of hydrogen-bond donors (Lipinski definition) is 1. The van der Waals surface area contributed by atoms with E-state index in [9.17, 15) is 9.18 Å². The first-order chi connectivity index (χ1) is 15.4. The molecule has 0 radical (unpaired) electrons. The first-order valence-corrected chi connectivity index (χ1v) is 10.7. The van der Waals surface area contributed by atoms with Gasteiger partial charge in [-0.3, -0.25) is 4.79 Å². The fourth-order valence-corrected chi connectivity index (χ4v) is 4.58. The lowest BCUT2D eigenvalue weighted by Crippen LogP contribution is -2.44. The molecule has 2 N–H and O–H groups in total. The molecule has 1 saturated heterocycles. The summed E-state index contributed by atoms with van der Waals surface area (Å²) in [7, 11) is 3.56. The fraction of sp³-hybridized carbons (Fsp3) is 0.280. The van der Waals surface area contributed by atoms with E-state index in [1.807, 2.05) is 0 Å². The number of amides is 1. The largest absolute Gasteiger partial charge is 0.494 e. The molecule has 0 atom stereocenters. The van der Waals surface area contributed by atoms with Crippen LogP contribution in [0.2, 0.25) is 0 Å². The van der Waals surface area contributed by atoms with Crippen molar-refractivity contribution in [3.63, 3.8) is 0 Å². The number of methoxy groups -OCH3 is 1. The number of aromatic nitrogens is 1. The maximum absolute atomic E-state index is 14.3. The van der Waals surface area contributed by atoms with Crippen LogP contribution in [0.1, 0.15) is 21.5 Å². The molecule has 0 spiro atoms. The lowest BCUT2D eigenvalue weighted by Gasteiger charge is -2.34. The highest BCUT2D eigenvalue weighted by molar-refractivity contribution is 5.98. The number of carbonyl (C=O) groups excluding carboxylic acids is 1. The smallest absolute Gasteiger partial charge is 0.249 e. The molecule has 1 aliphatic carbocycles. The van der Waals surface area contributed by atoms with Gasteiger partial charge in [-0.25, -0.2) is 9.37 Å². The van der Waals surface area contributed by atoms with Crippen molar-refractivity contribution >= 4 is 11.6 Å². The van der Waals surface area contributed by atoms with Crippen LogP contribution in [-0.4, -0.2) is 56.1 Å². The van der Waals surface area contributed by atoms with Crippen LogP contribution in [0.4, 0.5) is 10.1 Å². The lowest BCUT2D eigenvalue weighted by molar-refractivity contribution is 0.0999. The Morgan fingerprint density at radius 2 is 1.88 bits per heavy atom. The summed E-state index contributed by atoms with van der Waals surface area (Å²) < 4.78 is 19.3. The summed E-state index contributed by atoms with van der Waals surface area (Å²) in [5.74, 6) is -0.831. The van der Waals surface area contributed by atoms with Crippen LogP contribution < -0.4 is 15.4 Å². The zero-order chi connectivity index (χ0) is 22.4. The monoisotopic (exact) mass is 432 g/mol. The number of halogens is 1. The molecule has 7 heteroatoms. The second-order valence-electron chi connectivity index (χ2n) is 8.40. The number of nitrogens with two attached hydrogens (primary N) is 1. The third kappa shape index (κ3) is 3.48. The van der Waals surface area contributed by atoms with Crippen LogP contribution in [0, 0.1) is 5.82 Å². The number of likely N-dealkylation sites (N-methyl/N-ethyl adjacent to an activating group) is 1. The molecule has 2 aliphatic rings. The molecule has 1 amide bonds. The maximum Gasteiger partial charge on any atom is 0.249 e. The molecule has 1 aromatic heterocycles. The number of rotatable bonds is 4. The third-order valence-electron chi connectivity index (χ3n) is 6.42. The molecule has 5 rings (SSSR count). The lowest BCUT2D eigenvalue weighted by atomic mass is 10.0. The van der Waals surface area contributed by atoms with Gasteiger partial charge in [-0.1, -0.05) is 6.07 Å². The van der Waals surface area contributed by atoms with Crippen LogP contribution in [0.5, 0.6) is 5.75 Å². The van der Waals surface area contributed by atoms with Gasteiger partial charge in [0.1, 0.15) is 0 Å². The van der Waals surface area contributed by atoms with E-state index in [2.05, 4.69) is 35.0 Å². The van der Waals surface area contributed by atoms with Gasteiger partial charge in [0.25, 0.3) is 0 Å². The molecule has 2 heterocycles. The SMILES string of the molecule is COc1ccc(-c2cc(C(N)=O)c3c(n2)-c2ccc(N4CCN(C)CC4)cc2C3)cc1F. The highest BCUT2D eigenvalue weighted by atomic mass is 19.1. The Bertz CT molecular complexity index is 1220. The molecule has 0 bridgehead atoms. The van der Waals surface area contributed by atoms with E-state index >= 15 is 0 Å². The van der Waals surface area contributed by atoms with E-state index in [0.29, 0.717) is 23.2 Å². The molecule has 2 aromatic carbocycles.